The number of hydrogen-bond donors (Lipinski definition) is 2. The Morgan fingerprint density at radius 2 is 1.85 bits per heavy atom. The molecule has 156 valence electrons. The van der Waals surface area contributed by atoms with Crippen molar-refractivity contribution in [2.75, 3.05) is 53.0 Å². The van der Waals surface area contributed by atoms with Crippen molar-refractivity contribution < 1.29 is 37.4 Å². The first-order chi connectivity index (χ1) is 12.5. The number of carbonyl (C=O) groups is 3. The van der Waals surface area contributed by atoms with Gasteiger partial charge in [0, 0.05) is 45.6 Å². The SMILES string of the molecule is CNC(=O)CN1CCOCC2(CCCN(C(C)=O)C2)C1.O=C(O)C(F)(F)F. The van der Waals surface area contributed by atoms with E-state index in [1.54, 1.807) is 14.0 Å². The van der Waals surface area contributed by atoms with Gasteiger partial charge >= 0.3 is 12.1 Å². The Morgan fingerprint density at radius 1 is 1.22 bits per heavy atom. The molecular formula is C16H26F3N3O5. The number of ether oxygens (including phenoxy) is 1. The lowest BCUT2D eigenvalue weighted by atomic mass is 9.80. The number of likely N-dealkylation sites (tertiary alicyclic amines) is 1. The summed E-state index contributed by atoms with van der Waals surface area (Å²) >= 11 is 0. The second kappa shape index (κ2) is 9.88. The lowest BCUT2D eigenvalue weighted by Crippen LogP contribution is -2.52. The van der Waals surface area contributed by atoms with Crippen LogP contribution in [0.5, 0.6) is 0 Å². The Bertz CT molecular complexity index is 544. The standard InChI is InChI=1S/C14H25N3O3.C2HF3O2/c1-12(18)17-5-3-4-14(10-17)9-16(6-7-20-11-14)8-13(19)15-2;3-2(4,5)1(6)7/h3-11H2,1-2H3,(H,15,19);(H,6,7). The number of carboxylic acid groups (broad SMARTS) is 1. The van der Waals surface area contributed by atoms with E-state index in [9.17, 15) is 22.8 Å². The largest absolute Gasteiger partial charge is 0.490 e. The molecule has 1 spiro atoms. The van der Waals surface area contributed by atoms with Gasteiger partial charge in [0.25, 0.3) is 0 Å². The summed E-state index contributed by atoms with van der Waals surface area (Å²) in [6.45, 7) is 6.54. The summed E-state index contributed by atoms with van der Waals surface area (Å²) in [5, 5.41) is 9.79. The van der Waals surface area contributed by atoms with Crippen molar-refractivity contribution in [2.24, 2.45) is 5.41 Å². The highest BCUT2D eigenvalue weighted by Gasteiger charge is 2.40. The van der Waals surface area contributed by atoms with Crippen LogP contribution in [-0.2, 0) is 19.1 Å². The topological polar surface area (TPSA) is 99.2 Å². The highest BCUT2D eigenvalue weighted by Crippen LogP contribution is 2.32. The second-order valence-corrected chi connectivity index (χ2v) is 6.78. The average molecular weight is 397 g/mol. The maximum atomic E-state index is 11.6. The minimum atomic E-state index is -5.08. The molecule has 8 nitrogen and oxygen atoms in total. The molecule has 27 heavy (non-hydrogen) atoms. The Kier molecular flexibility index (Phi) is 8.48. The number of nitrogens with one attached hydrogen (secondary N) is 1. The van der Waals surface area contributed by atoms with E-state index in [1.165, 1.54) is 0 Å². The number of likely N-dealkylation sites (N-methyl/N-ethyl adjacent to an activating group) is 1. The van der Waals surface area contributed by atoms with E-state index < -0.39 is 12.1 Å². The Balaban J connectivity index is 0.000000445. The highest BCUT2D eigenvalue weighted by atomic mass is 19.4. The number of nitrogens with zero attached hydrogens (tertiary/aromatic N) is 2. The van der Waals surface area contributed by atoms with Crippen molar-refractivity contribution in [2.45, 2.75) is 25.9 Å². The van der Waals surface area contributed by atoms with Crippen LogP contribution >= 0.6 is 0 Å². The lowest BCUT2D eigenvalue weighted by Gasteiger charge is -2.43. The minimum absolute atomic E-state index is 0.0194. The fraction of sp³-hybridized carbons (Fsp3) is 0.812. The van der Waals surface area contributed by atoms with Crippen LogP contribution in [0.3, 0.4) is 0 Å². The van der Waals surface area contributed by atoms with E-state index in [1.807, 2.05) is 4.90 Å². The van der Waals surface area contributed by atoms with Crippen LogP contribution in [-0.4, -0.2) is 91.9 Å². The number of hydrogen-bond acceptors (Lipinski definition) is 5. The highest BCUT2D eigenvalue weighted by molar-refractivity contribution is 5.77. The van der Waals surface area contributed by atoms with E-state index >= 15 is 0 Å². The van der Waals surface area contributed by atoms with E-state index in [4.69, 9.17) is 14.6 Å². The van der Waals surface area contributed by atoms with Crippen molar-refractivity contribution in [1.29, 1.82) is 0 Å². The van der Waals surface area contributed by atoms with Crippen LogP contribution < -0.4 is 5.32 Å². The van der Waals surface area contributed by atoms with Crippen molar-refractivity contribution in [3.63, 3.8) is 0 Å². The van der Waals surface area contributed by atoms with Crippen LogP contribution in [0.2, 0.25) is 0 Å². The van der Waals surface area contributed by atoms with Gasteiger partial charge in [-0.3, -0.25) is 14.5 Å². The van der Waals surface area contributed by atoms with Crippen molar-refractivity contribution in [1.82, 2.24) is 15.1 Å². The molecule has 2 aliphatic heterocycles. The molecule has 0 aromatic heterocycles. The molecule has 2 aliphatic rings. The summed E-state index contributed by atoms with van der Waals surface area (Å²) in [6, 6.07) is 0. The number of halogens is 3. The molecular weight excluding hydrogens is 371 g/mol. The Labute approximate surface area is 155 Å². The molecule has 1 unspecified atom stereocenters. The predicted molar refractivity (Wildman–Crippen MR) is 88.9 cm³/mol. The quantitative estimate of drug-likeness (QED) is 0.697. The molecule has 2 saturated heterocycles. The van der Waals surface area contributed by atoms with E-state index in [0.717, 1.165) is 39.0 Å². The summed E-state index contributed by atoms with van der Waals surface area (Å²) in [7, 11) is 1.66. The van der Waals surface area contributed by atoms with Crippen molar-refractivity contribution in [3.05, 3.63) is 0 Å². The zero-order valence-corrected chi connectivity index (χ0v) is 15.5. The fourth-order valence-corrected chi connectivity index (χ4v) is 3.22. The van der Waals surface area contributed by atoms with Gasteiger partial charge < -0.3 is 20.1 Å². The summed E-state index contributed by atoms with van der Waals surface area (Å²) in [4.78, 5) is 36.2. The average Bonchev–Trinajstić information content (AvgIpc) is 2.76. The van der Waals surface area contributed by atoms with Crippen LogP contribution in [0.1, 0.15) is 19.8 Å². The normalized spacial score (nSPS) is 23.8. The third-order valence-electron chi connectivity index (χ3n) is 4.51. The Morgan fingerprint density at radius 3 is 2.37 bits per heavy atom. The predicted octanol–water partition coefficient (Wildman–Crippen LogP) is 0.327. The number of aliphatic carboxylic acids is 1. The number of alkyl halides is 3. The van der Waals surface area contributed by atoms with Gasteiger partial charge in [0.15, 0.2) is 0 Å². The van der Waals surface area contributed by atoms with Gasteiger partial charge in [0.2, 0.25) is 11.8 Å². The van der Waals surface area contributed by atoms with Crippen LogP contribution in [0.4, 0.5) is 13.2 Å². The van der Waals surface area contributed by atoms with Gasteiger partial charge in [-0.1, -0.05) is 0 Å². The first-order valence-corrected chi connectivity index (χ1v) is 8.55. The van der Waals surface area contributed by atoms with Gasteiger partial charge in [0.1, 0.15) is 0 Å². The van der Waals surface area contributed by atoms with Crippen molar-refractivity contribution >= 4 is 17.8 Å². The number of piperidine rings is 1. The minimum Gasteiger partial charge on any atom is -0.475 e. The molecule has 2 rings (SSSR count). The third-order valence-corrected chi connectivity index (χ3v) is 4.51. The first-order valence-electron chi connectivity index (χ1n) is 8.55. The molecule has 2 fully saturated rings. The van der Waals surface area contributed by atoms with Crippen LogP contribution in [0, 0.1) is 5.41 Å². The van der Waals surface area contributed by atoms with Crippen LogP contribution in [0.25, 0.3) is 0 Å². The van der Waals surface area contributed by atoms with Gasteiger partial charge in [-0.05, 0) is 12.8 Å². The molecule has 0 aromatic carbocycles. The molecule has 0 aromatic rings. The van der Waals surface area contributed by atoms with E-state index in [0.29, 0.717) is 19.8 Å². The molecule has 0 bridgehead atoms. The number of rotatable bonds is 2. The second-order valence-electron chi connectivity index (χ2n) is 6.78. The molecule has 2 N–H and O–H groups in total. The summed E-state index contributed by atoms with van der Waals surface area (Å²) < 4.78 is 37.5. The monoisotopic (exact) mass is 397 g/mol. The van der Waals surface area contributed by atoms with Gasteiger partial charge in [-0.25, -0.2) is 4.79 Å². The molecule has 2 heterocycles. The van der Waals surface area contributed by atoms with Crippen molar-refractivity contribution in [3.8, 4) is 0 Å². The summed E-state index contributed by atoms with van der Waals surface area (Å²) in [5.74, 6) is -2.60. The zero-order chi connectivity index (χ0) is 20.7. The maximum absolute atomic E-state index is 11.6. The smallest absolute Gasteiger partial charge is 0.475 e. The van der Waals surface area contributed by atoms with Crippen LogP contribution in [0.15, 0.2) is 0 Å². The molecule has 0 aliphatic carbocycles. The number of carbonyl (C=O) groups excluding carboxylic acids is 2. The third kappa shape index (κ3) is 7.71. The molecule has 11 heteroatoms. The van der Waals surface area contributed by atoms with Gasteiger partial charge in [0.05, 0.1) is 19.8 Å². The lowest BCUT2D eigenvalue weighted by molar-refractivity contribution is -0.192. The fourth-order valence-electron chi connectivity index (χ4n) is 3.22. The first kappa shape index (κ1) is 23.2. The van der Waals surface area contributed by atoms with E-state index in [2.05, 4.69) is 10.2 Å². The van der Waals surface area contributed by atoms with Gasteiger partial charge in [-0.2, -0.15) is 13.2 Å². The summed E-state index contributed by atoms with van der Waals surface area (Å²) in [6.07, 6.45) is -3.02. The number of amides is 2. The Hall–Kier alpha value is -1.88. The molecule has 2 amide bonds. The molecule has 0 radical (unpaired) electrons. The summed E-state index contributed by atoms with van der Waals surface area (Å²) in [5.41, 5.74) is -0.0194. The molecule has 0 saturated carbocycles. The molecule has 1 atom stereocenters. The number of carboxylic acids is 1. The zero-order valence-electron chi connectivity index (χ0n) is 15.5. The van der Waals surface area contributed by atoms with Gasteiger partial charge in [-0.15, -0.1) is 0 Å². The van der Waals surface area contributed by atoms with E-state index in [-0.39, 0.29) is 17.2 Å². The maximum Gasteiger partial charge on any atom is 0.490 e.